The van der Waals surface area contributed by atoms with Gasteiger partial charge in [0.1, 0.15) is 5.76 Å². The van der Waals surface area contributed by atoms with Crippen LogP contribution >= 0.6 is 15.9 Å². The van der Waals surface area contributed by atoms with E-state index in [1.165, 1.54) is 5.56 Å². The molecular weight excluding hydrogens is 318 g/mol. The lowest BCUT2D eigenvalue weighted by atomic mass is 10.1. The molecule has 0 saturated heterocycles. The van der Waals surface area contributed by atoms with Crippen LogP contribution in [0, 0.1) is 5.92 Å². The largest absolute Gasteiger partial charge is 0.452 e. The Morgan fingerprint density at radius 2 is 2.05 bits per heavy atom. The monoisotopic (exact) mass is 333 g/mol. The van der Waals surface area contributed by atoms with E-state index in [1.807, 2.05) is 37.4 Å². The highest BCUT2D eigenvalue weighted by atomic mass is 79.9. The van der Waals surface area contributed by atoms with E-state index in [-0.39, 0.29) is 11.8 Å². The van der Waals surface area contributed by atoms with Crippen LogP contribution in [-0.2, 0) is 11.3 Å². The Balaban J connectivity index is 1.60. The number of rotatable bonds is 4. The van der Waals surface area contributed by atoms with Crippen molar-refractivity contribution in [2.75, 3.05) is 7.05 Å². The minimum absolute atomic E-state index is 0.126. The van der Waals surface area contributed by atoms with E-state index in [2.05, 4.69) is 28.1 Å². The standard InChI is InChI=1S/C16H16BrNO2/c1-18(10-12-7-8-15(17)20-12)16(19)14-9-13(14)11-5-3-2-4-6-11/h2-8,13-14H,9-10H2,1H3/t13-,14-/m0/s1. The quantitative estimate of drug-likeness (QED) is 0.852. The topological polar surface area (TPSA) is 33.5 Å². The molecule has 1 fully saturated rings. The van der Waals surface area contributed by atoms with Crippen molar-refractivity contribution >= 4 is 21.8 Å². The lowest BCUT2D eigenvalue weighted by molar-refractivity contribution is -0.132. The zero-order valence-corrected chi connectivity index (χ0v) is 12.8. The van der Waals surface area contributed by atoms with Gasteiger partial charge in [0.15, 0.2) is 4.67 Å². The second-order valence-electron chi connectivity index (χ2n) is 5.26. The predicted octanol–water partition coefficient (Wildman–Crippen LogP) is 3.80. The molecule has 4 heteroatoms. The average molecular weight is 334 g/mol. The van der Waals surface area contributed by atoms with Gasteiger partial charge in [0.2, 0.25) is 5.91 Å². The van der Waals surface area contributed by atoms with Gasteiger partial charge >= 0.3 is 0 Å². The highest BCUT2D eigenvalue weighted by Gasteiger charge is 2.45. The maximum Gasteiger partial charge on any atom is 0.226 e. The molecule has 104 valence electrons. The molecule has 1 aliphatic rings. The van der Waals surface area contributed by atoms with Gasteiger partial charge in [0.05, 0.1) is 6.54 Å². The molecule has 0 N–H and O–H groups in total. The number of halogens is 1. The van der Waals surface area contributed by atoms with Gasteiger partial charge in [-0.3, -0.25) is 4.79 Å². The van der Waals surface area contributed by atoms with Gasteiger partial charge in [-0.25, -0.2) is 0 Å². The number of carbonyl (C=O) groups excluding carboxylic acids is 1. The van der Waals surface area contributed by atoms with Crippen LogP contribution in [0.3, 0.4) is 0 Å². The molecule has 3 nitrogen and oxygen atoms in total. The normalized spacial score (nSPS) is 20.7. The minimum Gasteiger partial charge on any atom is -0.452 e. The first-order valence-electron chi connectivity index (χ1n) is 6.69. The fraction of sp³-hybridized carbons (Fsp3) is 0.312. The Morgan fingerprint density at radius 1 is 1.30 bits per heavy atom. The number of furan rings is 1. The van der Waals surface area contributed by atoms with E-state index in [0.29, 0.717) is 17.1 Å². The molecule has 1 aliphatic carbocycles. The molecule has 1 aromatic carbocycles. The highest BCUT2D eigenvalue weighted by Crippen LogP contribution is 2.48. The second-order valence-corrected chi connectivity index (χ2v) is 6.04. The Labute approximate surface area is 126 Å². The first kappa shape index (κ1) is 13.4. The van der Waals surface area contributed by atoms with Gasteiger partial charge in [0, 0.05) is 13.0 Å². The number of nitrogens with zero attached hydrogens (tertiary/aromatic N) is 1. The van der Waals surface area contributed by atoms with Crippen LogP contribution in [-0.4, -0.2) is 17.9 Å². The van der Waals surface area contributed by atoms with Crippen LogP contribution in [0.25, 0.3) is 0 Å². The summed E-state index contributed by atoms with van der Waals surface area (Å²) in [6.07, 6.45) is 0.953. The van der Waals surface area contributed by atoms with Crippen molar-refractivity contribution in [1.82, 2.24) is 4.90 Å². The summed E-state index contributed by atoms with van der Waals surface area (Å²) in [5.41, 5.74) is 1.26. The van der Waals surface area contributed by atoms with Crippen molar-refractivity contribution in [3.8, 4) is 0 Å². The van der Waals surface area contributed by atoms with Crippen molar-refractivity contribution in [2.45, 2.75) is 18.9 Å². The van der Waals surface area contributed by atoms with Crippen LogP contribution in [0.2, 0.25) is 0 Å². The molecule has 0 spiro atoms. The summed E-state index contributed by atoms with van der Waals surface area (Å²) in [5.74, 6) is 1.51. The Bertz CT molecular complexity index is 608. The van der Waals surface area contributed by atoms with E-state index in [4.69, 9.17) is 4.42 Å². The predicted molar refractivity (Wildman–Crippen MR) is 80.2 cm³/mol. The van der Waals surface area contributed by atoms with Crippen molar-refractivity contribution in [1.29, 1.82) is 0 Å². The molecule has 3 rings (SSSR count). The summed E-state index contributed by atoms with van der Waals surface area (Å²) in [5, 5.41) is 0. The molecule has 0 bridgehead atoms. The molecular formula is C16H16BrNO2. The van der Waals surface area contributed by atoms with Gasteiger partial charge in [-0.05, 0) is 46.0 Å². The van der Waals surface area contributed by atoms with Crippen LogP contribution in [0.15, 0.2) is 51.6 Å². The molecule has 1 aromatic heterocycles. The highest BCUT2D eigenvalue weighted by molar-refractivity contribution is 9.10. The van der Waals surface area contributed by atoms with Crippen LogP contribution < -0.4 is 0 Å². The molecule has 1 amide bonds. The molecule has 0 aliphatic heterocycles. The van der Waals surface area contributed by atoms with Crippen molar-refractivity contribution in [3.05, 3.63) is 58.5 Å². The Kier molecular flexibility index (Phi) is 3.66. The van der Waals surface area contributed by atoms with Crippen LogP contribution in [0.1, 0.15) is 23.7 Å². The number of hydrogen-bond donors (Lipinski definition) is 0. The number of hydrogen-bond acceptors (Lipinski definition) is 2. The fourth-order valence-corrected chi connectivity index (χ4v) is 2.91. The van der Waals surface area contributed by atoms with Gasteiger partial charge in [-0.2, -0.15) is 0 Å². The second kappa shape index (κ2) is 5.44. The summed E-state index contributed by atoms with van der Waals surface area (Å²) in [6, 6.07) is 14.0. The van der Waals surface area contributed by atoms with E-state index in [9.17, 15) is 4.79 Å². The van der Waals surface area contributed by atoms with Gasteiger partial charge in [-0.15, -0.1) is 0 Å². The third-order valence-corrected chi connectivity index (χ3v) is 4.16. The van der Waals surface area contributed by atoms with Gasteiger partial charge in [0.25, 0.3) is 0 Å². The average Bonchev–Trinajstić information content (AvgIpc) is 3.16. The summed E-state index contributed by atoms with van der Waals surface area (Å²) >= 11 is 3.27. The number of amides is 1. The van der Waals surface area contributed by atoms with Crippen molar-refractivity contribution < 1.29 is 9.21 Å². The van der Waals surface area contributed by atoms with Gasteiger partial charge in [-0.1, -0.05) is 30.3 Å². The number of benzene rings is 1. The summed E-state index contributed by atoms with van der Waals surface area (Å²) in [7, 11) is 1.83. The van der Waals surface area contributed by atoms with Crippen molar-refractivity contribution in [3.63, 3.8) is 0 Å². The lowest BCUT2D eigenvalue weighted by Gasteiger charge is -2.15. The third-order valence-electron chi connectivity index (χ3n) is 3.73. The van der Waals surface area contributed by atoms with E-state index >= 15 is 0 Å². The molecule has 2 aromatic rings. The first-order chi connectivity index (χ1) is 9.65. The molecule has 2 atom stereocenters. The molecule has 1 heterocycles. The molecule has 20 heavy (non-hydrogen) atoms. The maximum absolute atomic E-state index is 12.4. The Morgan fingerprint density at radius 3 is 2.70 bits per heavy atom. The van der Waals surface area contributed by atoms with Crippen LogP contribution in [0.4, 0.5) is 0 Å². The Hall–Kier alpha value is -1.55. The molecule has 1 saturated carbocycles. The third kappa shape index (κ3) is 2.80. The van der Waals surface area contributed by atoms with Crippen LogP contribution in [0.5, 0.6) is 0 Å². The molecule has 0 unspecified atom stereocenters. The SMILES string of the molecule is CN(Cc1ccc(Br)o1)C(=O)[C@H]1C[C@H]1c1ccccc1. The number of carbonyl (C=O) groups is 1. The van der Waals surface area contributed by atoms with E-state index in [1.54, 1.807) is 4.90 Å². The zero-order valence-electron chi connectivity index (χ0n) is 11.3. The van der Waals surface area contributed by atoms with Gasteiger partial charge < -0.3 is 9.32 Å². The maximum atomic E-state index is 12.4. The summed E-state index contributed by atoms with van der Waals surface area (Å²) in [4.78, 5) is 14.1. The van der Waals surface area contributed by atoms with Crippen molar-refractivity contribution in [2.24, 2.45) is 5.92 Å². The lowest BCUT2D eigenvalue weighted by Crippen LogP contribution is -2.27. The fourth-order valence-electron chi connectivity index (χ4n) is 2.57. The minimum atomic E-state index is 0.126. The summed E-state index contributed by atoms with van der Waals surface area (Å²) < 4.78 is 6.13. The van der Waals surface area contributed by atoms with E-state index in [0.717, 1.165) is 12.2 Å². The first-order valence-corrected chi connectivity index (χ1v) is 7.48. The zero-order chi connectivity index (χ0) is 14.1. The van der Waals surface area contributed by atoms with E-state index < -0.39 is 0 Å². The molecule has 0 radical (unpaired) electrons. The smallest absolute Gasteiger partial charge is 0.226 e. The summed E-state index contributed by atoms with van der Waals surface area (Å²) in [6.45, 7) is 0.516.